The van der Waals surface area contributed by atoms with Crippen molar-refractivity contribution in [3.05, 3.63) is 29.3 Å². The minimum atomic E-state index is 0.230. The second-order valence-corrected chi connectivity index (χ2v) is 6.32. The van der Waals surface area contributed by atoms with Crippen molar-refractivity contribution in [2.45, 2.75) is 39.5 Å². The highest BCUT2D eigenvalue weighted by Gasteiger charge is 2.57. The number of amides is 1. The van der Waals surface area contributed by atoms with Gasteiger partial charge in [0.25, 0.3) is 0 Å². The van der Waals surface area contributed by atoms with E-state index in [4.69, 9.17) is 0 Å². The summed E-state index contributed by atoms with van der Waals surface area (Å²) in [5.74, 6) is 0.463. The van der Waals surface area contributed by atoms with Gasteiger partial charge in [0.05, 0.1) is 0 Å². The summed E-state index contributed by atoms with van der Waals surface area (Å²) in [5.41, 5.74) is 3.75. The van der Waals surface area contributed by atoms with Crippen LogP contribution >= 0.6 is 0 Å². The molecule has 0 aromatic heterocycles. The van der Waals surface area contributed by atoms with Crippen LogP contribution in [0.2, 0.25) is 0 Å². The van der Waals surface area contributed by atoms with E-state index in [-0.39, 0.29) is 11.8 Å². The van der Waals surface area contributed by atoms with Crippen LogP contribution in [0.4, 0.5) is 5.69 Å². The van der Waals surface area contributed by atoms with Gasteiger partial charge in [-0.05, 0) is 62.2 Å². The summed E-state index contributed by atoms with van der Waals surface area (Å²) >= 11 is 0. The number of para-hydroxylation sites is 1. The summed E-state index contributed by atoms with van der Waals surface area (Å²) in [5, 5.41) is 6.59. The van der Waals surface area contributed by atoms with E-state index in [1.165, 1.54) is 5.56 Å². The van der Waals surface area contributed by atoms with Crippen LogP contribution in [0.5, 0.6) is 0 Å². The number of hydrogen-bond acceptors (Lipinski definition) is 2. The fraction of sp³-hybridized carbons (Fsp3) is 0.588. The second-order valence-electron chi connectivity index (χ2n) is 6.32. The quantitative estimate of drug-likeness (QED) is 0.888. The molecule has 1 heterocycles. The van der Waals surface area contributed by atoms with Crippen LogP contribution in [0, 0.1) is 18.3 Å². The number of anilines is 1. The normalized spacial score (nSPS) is 23.6. The van der Waals surface area contributed by atoms with Crippen LogP contribution in [0.3, 0.4) is 0 Å². The number of hydrogen-bond donors (Lipinski definition) is 2. The van der Waals surface area contributed by atoms with Gasteiger partial charge in [-0.25, -0.2) is 0 Å². The lowest BCUT2D eigenvalue weighted by Crippen LogP contribution is -2.31. The van der Waals surface area contributed by atoms with Gasteiger partial charge >= 0.3 is 0 Å². The van der Waals surface area contributed by atoms with Crippen LogP contribution < -0.4 is 10.6 Å². The Morgan fingerprint density at radius 3 is 2.85 bits per heavy atom. The molecule has 3 nitrogen and oxygen atoms in total. The zero-order valence-electron chi connectivity index (χ0n) is 12.5. The SMILES string of the molecule is CCc1cccc(C)c1NC(=O)C1CC12CCNCC2. The van der Waals surface area contributed by atoms with Crippen LogP contribution in [-0.4, -0.2) is 19.0 Å². The number of aryl methyl sites for hydroxylation is 2. The second kappa shape index (κ2) is 5.21. The van der Waals surface area contributed by atoms with Crippen molar-refractivity contribution >= 4 is 11.6 Å². The van der Waals surface area contributed by atoms with Crippen LogP contribution in [0.1, 0.15) is 37.3 Å². The topological polar surface area (TPSA) is 41.1 Å². The zero-order valence-corrected chi connectivity index (χ0v) is 12.5. The average Bonchev–Trinajstić information content (AvgIpc) is 3.15. The van der Waals surface area contributed by atoms with Crippen LogP contribution in [-0.2, 0) is 11.2 Å². The fourth-order valence-corrected chi connectivity index (χ4v) is 3.61. The van der Waals surface area contributed by atoms with Crippen LogP contribution in [0.15, 0.2) is 18.2 Å². The third kappa shape index (κ3) is 2.35. The molecule has 3 rings (SSSR count). The third-order valence-electron chi connectivity index (χ3n) is 5.09. The molecule has 1 aromatic rings. The molecule has 1 spiro atoms. The van der Waals surface area contributed by atoms with E-state index >= 15 is 0 Å². The monoisotopic (exact) mass is 272 g/mol. The summed E-state index contributed by atoms with van der Waals surface area (Å²) in [6, 6.07) is 6.24. The van der Waals surface area contributed by atoms with Crippen molar-refractivity contribution in [3.8, 4) is 0 Å². The van der Waals surface area contributed by atoms with Gasteiger partial charge in [-0.2, -0.15) is 0 Å². The first-order valence-corrected chi connectivity index (χ1v) is 7.76. The molecule has 1 aliphatic heterocycles. The number of benzene rings is 1. The molecule has 108 valence electrons. The van der Waals surface area contributed by atoms with Crippen molar-refractivity contribution in [1.29, 1.82) is 0 Å². The summed E-state index contributed by atoms with van der Waals surface area (Å²) in [7, 11) is 0. The van der Waals surface area contributed by atoms with Gasteiger partial charge in [-0.15, -0.1) is 0 Å². The molecule has 1 aromatic carbocycles. The molecule has 3 heteroatoms. The molecule has 0 radical (unpaired) electrons. The van der Waals surface area contributed by atoms with Crippen molar-refractivity contribution in [2.75, 3.05) is 18.4 Å². The smallest absolute Gasteiger partial charge is 0.228 e. The van der Waals surface area contributed by atoms with Gasteiger partial charge < -0.3 is 10.6 Å². The van der Waals surface area contributed by atoms with Gasteiger partial charge in [-0.1, -0.05) is 25.1 Å². The number of carbonyl (C=O) groups is 1. The van der Waals surface area contributed by atoms with E-state index in [1.54, 1.807) is 0 Å². The molecule has 1 amide bonds. The predicted octanol–water partition coefficient (Wildman–Crippen LogP) is 2.89. The highest BCUT2D eigenvalue weighted by atomic mass is 16.2. The standard InChI is InChI=1S/C17H24N2O/c1-3-13-6-4-5-12(2)15(13)19-16(20)14-11-17(14)7-9-18-10-8-17/h4-6,14,18H,3,7-11H2,1-2H3,(H,19,20). The Bertz CT molecular complexity index is 518. The van der Waals surface area contributed by atoms with E-state index in [2.05, 4.69) is 42.7 Å². The number of carbonyl (C=O) groups excluding carboxylic acids is 1. The van der Waals surface area contributed by atoms with Gasteiger partial charge in [0, 0.05) is 11.6 Å². The summed E-state index contributed by atoms with van der Waals surface area (Å²) < 4.78 is 0. The Kier molecular flexibility index (Phi) is 3.55. The maximum Gasteiger partial charge on any atom is 0.228 e. The molecule has 1 saturated carbocycles. The number of rotatable bonds is 3. The first-order valence-electron chi connectivity index (χ1n) is 7.76. The molecule has 2 aliphatic rings. The lowest BCUT2D eigenvalue weighted by atomic mass is 9.91. The van der Waals surface area contributed by atoms with Crippen molar-refractivity contribution in [3.63, 3.8) is 0 Å². The van der Waals surface area contributed by atoms with E-state index in [1.807, 2.05) is 0 Å². The Morgan fingerprint density at radius 2 is 2.15 bits per heavy atom. The molecule has 0 bridgehead atoms. The molecule has 20 heavy (non-hydrogen) atoms. The van der Waals surface area contributed by atoms with E-state index in [0.717, 1.165) is 50.0 Å². The maximum atomic E-state index is 12.5. The highest BCUT2D eigenvalue weighted by Crippen LogP contribution is 2.58. The Hall–Kier alpha value is -1.35. The molecule has 2 N–H and O–H groups in total. The minimum absolute atomic E-state index is 0.230. The highest BCUT2D eigenvalue weighted by molar-refractivity contribution is 5.96. The third-order valence-corrected chi connectivity index (χ3v) is 5.09. The van der Waals surface area contributed by atoms with Gasteiger partial charge in [-0.3, -0.25) is 4.79 Å². The number of nitrogens with one attached hydrogen (secondary N) is 2. The Balaban J connectivity index is 1.71. The van der Waals surface area contributed by atoms with E-state index in [9.17, 15) is 4.79 Å². The van der Waals surface area contributed by atoms with Gasteiger partial charge in [0.1, 0.15) is 0 Å². The molecule has 1 saturated heterocycles. The largest absolute Gasteiger partial charge is 0.325 e. The first-order chi connectivity index (χ1) is 9.66. The minimum Gasteiger partial charge on any atom is -0.325 e. The predicted molar refractivity (Wildman–Crippen MR) is 81.8 cm³/mol. The molecule has 2 fully saturated rings. The molecule has 1 aliphatic carbocycles. The fourth-order valence-electron chi connectivity index (χ4n) is 3.61. The van der Waals surface area contributed by atoms with Crippen molar-refractivity contribution in [2.24, 2.45) is 11.3 Å². The average molecular weight is 272 g/mol. The Labute approximate surface area is 121 Å². The summed E-state index contributed by atoms with van der Waals surface area (Å²) in [4.78, 5) is 12.5. The maximum absolute atomic E-state index is 12.5. The van der Waals surface area contributed by atoms with Gasteiger partial charge in [0.2, 0.25) is 5.91 Å². The lowest BCUT2D eigenvalue weighted by Gasteiger charge is -2.23. The van der Waals surface area contributed by atoms with E-state index < -0.39 is 0 Å². The van der Waals surface area contributed by atoms with Gasteiger partial charge in [0.15, 0.2) is 0 Å². The molecule has 1 atom stereocenters. The first kappa shape index (κ1) is 13.6. The number of piperidine rings is 1. The van der Waals surface area contributed by atoms with E-state index in [0.29, 0.717) is 5.41 Å². The molecular weight excluding hydrogens is 248 g/mol. The zero-order chi connectivity index (χ0) is 14.2. The van der Waals surface area contributed by atoms with Crippen LogP contribution in [0.25, 0.3) is 0 Å². The van der Waals surface area contributed by atoms with Crippen molar-refractivity contribution < 1.29 is 4.79 Å². The Morgan fingerprint density at radius 1 is 1.40 bits per heavy atom. The van der Waals surface area contributed by atoms with Crippen molar-refractivity contribution in [1.82, 2.24) is 5.32 Å². The molecular formula is C17H24N2O. The summed E-state index contributed by atoms with van der Waals surface area (Å²) in [6.45, 7) is 6.33. The lowest BCUT2D eigenvalue weighted by molar-refractivity contribution is -0.118. The summed E-state index contributed by atoms with van der Waals surface area (Å²) in [6.07, 6.45) is 4.34. The molecule has 1 unspecified atom stereocenters.